The number of rotatable bonds is 77. The molecule has 9 nitrogen and oxygen atoms in total. The number of quaternary nitrogens is 1. The summed E-state index contributed by atoms with van der Waals surface area (Å²) in [6.45, 7) is 4.24. The van der Waals surface area contributed by atoms with E-state index in [1.165, 1.54) is 205 Å². The number of phosphoric ester groups is 1. The van der Waals surface area contributed by atoms with Crippen molar-refractivity contribution in [2.24, 2.45) is 0 Å². The van der Waals surface area contributed by atoms with Gasteiger partial charge in [-0.25, -0.2) is 4.57 Å². The predicted octanol–water partition coefficient (Wildman–Crippen LogP) is 28.6. The zero-order valence-electron chi connectivity index (χ0n) is 66.8. The number of carbonyl (C=O) groups is 2. The molecule has 0 aliphatic heterocycles. The van der Waals surface area contributed by atoms with E-state index in [1.54, 1.807) is 0 Å². The lowest BCUT2D eigenvalue weighted by atomic mass is 10.0. The minimum atomic E-state index is -4.40. The summed E-state index contributed by atoms with van der Waals surface area (Å²) >= 11 is 0. The lowest BCUT2D eigenvalue weighted by molar-refractivity contribution is -0.870. The molecule has 0 bridgehead atoms. The van der Waals surface area contributed by atoms with Gasteiger partial charge in [-0.2, -0.15) is 0 Å². The smallest absolute Gasteiger partial charge is 0.462 e. The van der Waals surface area contributed by atoms with Gasteiger partial charge in [0.25, 0.3) is 0 Å². The number of nitrogens with zero attached hydrogens (tertiary/aromatic N) is 1. The minimum Gasteiger partial charge on any atom is -0.462 e. The fourth-order valence-electron chi connectivity index (χ4n) is 11.7. The fourth-order valence-corrected chi connectivity index (χ4v) is 12.5. The molecule has 0 amide bonds. The van der Waals surface area contributed by atoms with Gasteiger partial charge in [0.15, 0.2) is 6.10 Å². The van der Waals surface area contributed by atoms with Crippen molar-refractivity contribution in [1.29, 1.82) is 0 Å². The van der Waals surface area contributed by atoms with Crippen LogP contribution in [0.5, 0.6) is 0 Å². The summed E-state index contributed by atoms with van der Waals surface area (Å²) in [6.07, 6.45) is 121. The van der Waals surface area contributed by atoms with Crippen LogP contribution in [0.25, 0.3) is 0 Å². The minimum absolute atomic E-state index is 0.0287. The van der Waals surface area contributed by atoms with Crippen LogP contribution in [0.2, 0.25) is 0 Å². The quantitative estimate of drug-likeness (QED) is 0.0211. The Morgan fingerprint density at radius 2 is 0.529 bits per heavy atom. The second kappa shape index (κ2) is 80.7. The molecule has 0 aromatic carbocycles. The van der Waals surface area contributed by atoms with E-state index in [-0.39, 0.29) is 32.0 Å². The summed E-state index contributed by atoms with van der Waals surface area (Å²) in [4.78, 5) is 36.0. The molecule has 102 heavy (non-hydrogen) atoms. The zero-order chi connectivity index (χ0) is 74.0. The average molecular weight is 1440 g/mol. The van der Waals surface area contributed by atoms with Crippen LogP contribution in [-0.4, -0.2) is 74.9 Å². The maximum Gasteiger partial charge on any atom is 0.472 e. The van der Waals surface area contributed by atoms with Crippen LogP contribution in [0.4, 0.5) is 0 Å². The predicted molar refractivity (Wildman–Crippen MR) is 445 cm³/mol. The van der Waals surface area contributed by atoms with Crippen LogP contribution in [0, 0.1) is 0 Å². The largest absolute Gasteiger partial charge is 0.472 e. The first-order chi connectivity index (χ1) is 50.0. The monoisotopic (exact) mass is 1440 g/mol. The first-order valence-corrected chi connectivity index (χ1v) is 43.7. The average Bonchev–Trinajstić information content (AvgIpc) is 0.914. The Balaban J connectivity index is 3.94. The number of allylic oxidation sites excluding steroid dienone is 26. The lowest BCUT2D eigenvalue weighted by Crippen LogP contribution is -2.37. The van der Waals surface area contributed by atoms with Crippen molar-refractivity contribution in [2.75, 3.05) is 47.5 Å². The van der Waals surface area contributed by atoms with Gasteiger partial charge in [-0.15, -0.1) is 0 Å². The van der Waals surface area contributed by atoms with Crippen molar-refractivity contribution >= 4 is 19.8 Å². The number of carbonyl (C=O) groups excluding carboxylic acids is 2. The van der Waals surface area contributed by atoms with Crippen molar-refractivity contribution in [1.82, 2.24) is 0 Å². The topological polar surface area (TPSA) is 108 Å². The van der Waals surface area contributed by atoms with E-state index in [4.69, 9.17) is 18.5 Å². The van der Waals surface area contributed by atoms with E-state index in [0.717, 1.165) is 122 Å². The second-order valence-corrected chi connectivity index (χ2v) is 30.6. The molecule has 0 aliphatic rings. The van der Waals surface area contributed by atoms with E-state index in [2.05, 4.69) is 172 Å². The molecule has 0 spiro atoms. The van der Waals surface area contributed by atoms with Gasteiger partial charge < -0.3 is 18.9 Å². The van der Waals surface area contributed by atoms with Crippen molar-refractivity contribution < 1.29 is 42.1 Å². The maximum atomic E-state index is 12.9. The number of hydrogen-bond donors (Lipinski definition) is 1. The van der Waals surface area contributed by atoms with Crippen LogP contribution in [-0.2, 0) is 32.7 Å². The number of esters is 2. The van der Waals surface area contributed by atoms with Crippen LogP contribution in [0.15, 0.2) is 158 Å². The van der Waals surface area contributed by atoms with Crippen LogP contribution < -0.4 is 0 Å². The lowest BCUT2D eigenvalue weighted by Gasteiger charge is -2.24. The number of unbranched alkanes of at least 4 members (excludes halogenated alkanes) is 37. The SMILES string of the molecule is CC/C=C\C/C=C\C/C=C\C/C=C\C/C=C\C/C=C\C/C=C\CCCCCCCCCCCCCCCCCCCC(=O)OC(COC(=O)CCCCCCCCCCCCCCCCCCCCCC/C=C\C/C=C\C/C=C\C/C=C\C/C=C\C/C=C\CC)COP(=O)(O)OCC[N+](C)(C)C. The van der Waals surface area contributed by atoms with E-state index in [1.807, 2.05) is 21.1 Å². The Kier molecular flexibility index (Phi) is 77.3. The summed E-state index contributed by atoms with van der Waals surface area (Å²) in [5, 5.41) is 0. The van der Waals surface area contributed by atoms with Crippen molar-refractivity contribution in [3.63, 3.8) is 0 Å². The standard InChI is InChI=1S/C92H158NO8P/c1-6-8-10-12-14-16-18-20-22-24-26-28-30-32-34-36-38-40-42-44-46-48-50-52-54-56-58-60-62-64-66-68-70-72-74-76-78-80-82-84-91(94)98-88-90(89-100-102(96,97)99-87-86-93(3,4)5)101-92(95)85-83-81-79-77-75-73-71-69-67-65-63-61-59-57-55-53-51-49-47-45-43-41-39-37-35-33-31-29-27-25-23-21-19-17-15-13-11-9-7-2/h8-11,14-17,20-23,26-29,32-35,38-41,45,47,90H,6-7,12-13,18-19,24-25,30-31,36-37,42-44,46,48-89H2,1-5H3/p+1/b10-8-,11-9-,16-14-,17-15-,22-20-,23-21-,28-26-,29-27-,34-32-,35-33-,40-38-,41-39-,47-45-. The van der Waals surface area contributed by atoms with Gasteiger partial charge in [0.1, 0.15) is 19.8 Å². The summed E-state index contributed by atoms with van der Waals surface area (Å²) in [5.74, 6) is -0.787. The molecule has 0 heterocycles. The molecular formula is C92H159NO8P+. The van der Waals surface area contributed by atoms with Gasteiger partial charge >= 0.3 is 19.8 Å². The molecule has 0 saturated carbocycles. The highest BCUT2D eigenvalue weighted by molar-refractivity contribution is 7.47. The van der Waals surface area contributed by atoms with Crippen molar-refractivity contribution in [2.45, 2.75) is 367 Å². The molecule has 10 heteroatoms. The molecule has 2 atom stereocenters. The molecule has 0 aliphatic carbocycles. The van der Waals surface area contributed by atoms with Crippen molar-refractivity contribution in [3.05, 3.63) is 158 Å². The Morgan fingerprint density at radius 3 is 0.784 bits per heavy atom. The third-order valence-electron chi connectivity index (χ3n) is 18.1. The number of hydrogen-bond acceptors (Lipinski definition) is 7. The van der Waals surface area contributed by atoms with Gasteiger partial charge in [0.05, 0.1) is 27.7 Å². The highest BCUT2D eigenvalue weighted by Gasteiger charge is 2.27. The number of phosphoric acid groups is 1. The number of ether oxygens (including phenoxy) is 2. The zero-order valence-corrected chi connectivity index (χ0v) is 67.7. The van der Waals surface area contributed by atoms with Crippen LogP contribution in [0.1, 0.15) is 361 Å². The summed E-state index contributed by atoms with van der Waals surface area (Å²) in [5.41, 5.74) is 0. The van der Waals surface area contributed by atoms with E-state index in [0.29, 0.717) is 17.4 Å². The normalized spacial score (nSPS) is 13.8. The van der Waals surface area contributed by atoms with Gasteiger partial charge in [-0.1, -0.05) is 384 Å². The Hall–Kier alpha value is -4.37. The van der Waals surface area contributed by atoms with Crippen LogP contribution >= 0.6 is 7.82 Å². The summed E-state index contributed by atoms with van der Waals surface area (Å²) < 4.78 is 34.9. The number of likely N-dealkylation sites (N-methyl/N-ethyl adjacent to an activating group) is 1. The third kappa shape index (κ3) is 84.6. The first kappa shape index (κ1) is 97.6. The van der Waals surface area contributed by atoms with E-state index >= 15 is 0 Å². The van der Waals surface area contributed by atoms with Crippen LogP contribution in [0.3, 0.4) is 0 Å². The molecule has 0 aromatic rings. The van der Waals surface area contributed by atoms with E-state index in [9.17, 15) is 19.0 Å². The molecule has 0 rings (SSSR count). The Labute approximate surface area is 630 Å². The highest BCUT2D eigenvalue weighted by atomic mass is 31.2. The van der Waals surface area contributed by atoms with Gasteiger partial charge in [-0.3, -0.25) is 18.6 Å². The Morgan fingerprint density at radius 1 is 0.304 bits per heavy atom. The molecular weight excluding hydrogens is 1280 g/mol. The molecule has 1 N–H and O–H groups in total. The fraction of sp³-hybridized carbons (Fsp3) is 0.696. The van der Waals surface area contributed by atoms with Crippen molar-refractivity contribution in [3.8, 4) is 0 Å². The first-order valence-electron chi connectivity index (χ1n) is 42.2. The molecule has 584 valence electrons. The molecule has 0 radical (unpaired) electrons. The van der Waals surface area contributed by atoms with E-state index < -0.39 is 26.5 Å². The second-order valence-electron chi connectivity index (χ2n) is 29.1. The van der Waals surface area contributed by atoms with Gasteiger partial charge in [0, 0.05) is 12.8 Å². The molecule has 0 saturated heterocycles. The molecule has 2 unspecified atom stereocenters. The highest BCUT2D eigenvalue weighted by Crippen LogP contribution is 2.43. The third-order valence-corrected chi connectivity index (χ3v) is 19.0. The molecule has 0 aromatic heterocycles. The maximum absolute atomic E-state index is 12.9. The van der Waals surface area contributed by atoms with Gasteiger partial charge in [0.2, 0.25) is 0 Å². The Bertz CT molecular complexity index is 2290. The van der Waals surface area contributed by atoms with Gasteiger partial charge in [-0.05, 0) is 122 Å². The summed E-state index contributed by atoms with van der Waals surface area (Å²) in [7, 11) is 1.48. The summed E-state index contributed by atoms with van der Waals surface area (Å²) in [6, 6.07) is 0. The molecule has 0 fully saturated rings.